The van der Waals surface area contributed by atoms with Gasteiger partial charge in [-0.15, -0.1) is 0 Å². The predicted molar refractivity (Wildman–Crippen MR) is 145 cm³/mol. The number of aliphatic hydroxyl groups is 2. The number of nitrogens with one attached hydrogen (secondary N) is 1. The zero-order chi connectivity index (χ0) is 31.4. The number of benzene rings is 2. The Hall–Kier alpha value is -4.23. The number of pyridine rings is 1. The van der Waals surface area contributed by atoms with E-state index < -0.39 is 41.9 Å². The van der Waals surface area contributed by atoms with Crippen molar-refractivity contribution in [3.8, 4) is 28.5 Å². The molecule has 1 amide bonds. The number of methoxy groups -OCH3 is 2. The number of hydrogen-bond acceptors (Lipinski definition) is 8. The summed E-state index contributed by atoms with van der Waals surface area (Å²) in [4.78, 5) is 30.4. The van der Waals surface area contributed by atoms with E-state index in [1.165, 1.54) is 44.6 Å². The van der Waals surface area contributed by atoms with Gasteiger partial charge in [-0.3, -0.25) is 9.59 Å². The molecular weight excluding hydrogens is 564 g/mol. The first-order valence-corrected chi connectivity index (χ1v) is 12.8. The molecule has 3 aromatic rings. The van der Waals surface area contributed by atoms with E-state index in [4.69, 9.17) is 19.3 Å². The molecule has 228 valence electrons. The minimum atomic E-state index is -4.97. The highest BCUT2D eigenvalue weighted by molar-refractivity contribution is 6.03. The number of carbonyl (C=O) groups excluding carboxylic acids is 2. The van der Waals surface area contributed by atoms with Gasteiger partial charge in [-0.25, -0.2) is 9.37 Å². The summed E-state index contributed by atoms with van der Waals surface area (Å²) in [6.45, 7) is 3.28. The molecule has 2 aromatic carbocycles. The predicted octanol–water partition coefficient (Wildman–Crippen LogP) is 4.68. The van der Waals surface area contributed by atoms with Gasteiger partial charge in [0.15, 0.2) is 11.5 Å². The van der Waals surface area contributed by atoms with Crippen LogP contribution in [0.4, 0.5) is 17.6 Å². The molecule has 9 nitrogen and oxygen atoms in total. The standard InChI is InChI=1S/C27H26F4N2O7.C2H6/c1-38-22-8-6-19(32-24(22)15-3-5-18(28)17(13-15)27(29,30)31)25(36)20(9-10-34)33-26(37)16-4-7-21(40-12-11-35)23(14-16)39-2;1-2/h3-8,13-14,20,34-35H,9-12H2,1-2H3,(H,33,37);1-2H3. The van der Waals surface area contributed by atoms with Crippen LogP contribution in [0.1, 0.15) is 46.7 Å². The Morgan fingerprint density at radius 3 is 2.19 bits per heavy atom. The Bertz CT molecular complexity index is 1370. The fourth-order valence-electron chi connectivity index (χ4n) is 3.75. The first-order valence-electron chi connectivity index (χ1n) is 12.8. The van der Waals surface area contributed by atoms with Crippen molar-refractivity contribution in [3.63, 3.8) is 0 Å². The van der Waals surface area contributed by atoms with Crippen molar-refractivity contribution in [2.75, 3.05) is 34.0 Å². The normalized spacial score (nSPS) is 11.6. The van der Waals surface area contributed by atoms with E-state index in [1.54, 1.807) is 0 Å². The molecule has 3 rings (SSSR count). The van der Waals surface area contributed by atoms with Crippen molar-refractivity contribution in [3.05, 3.63) is 71.2 Å². The Kier molecular flexibility index (Phi) is 12.7. The van der Waals surface area contributed by atoms with Crippen molar-refractivity contribution in [1.82, 2.24) is 10.3 Å². The molecule has 13 heteroatoms. The average molecular weight is 597 g/mol. The summed E-state index contributed by atoms with van der Waals surface area (Å²) in [5.41, 5.74) is -1.97. The van der Waals surface area contributed by atoms with Crippen molar-refractivity contribution < 1.29 is 51.6 Å². The summed E-state index contributed by atoms with van der Waals surface area (Å²) in [6, 6.07) is 7.77. The molecule has 0 fully saturated rings. The van der Waals surface area contributed by atoms with E-state index in [1.807, 2.05) is 13.8 Å². The molecule has 0 aliphatic rings. The molecule has 0 spiro atoms. The average Bonchev–Trinajstić information content (AvgIpc) is 2.99. The summed E-state index contributed by atoms with van der Waals surface area (Å²) in [6.07, 6.45) is -5.17. The number of nitrogens with zero attached hydrogens (tertiary/aromatic N) is 1. The second kappa shape index (κ2) is 15.7. The molecule has 0 radical (unpaired) electrons. The number of hydrogen-bond donors (Lipinski definition) is 3. The fourth-order valence-corrected chi connectivity index (χ4v) is 3.75. The van der Waals surface area contributed by atoms with E-state index in [9.17, 15) is 32.3 Å². The number of Topliss-reactive ketones (excluding diaryl/α,β-unsaturated/α-hetero) is 1. The van der Waals surface area contributed by atoms with Gasteiger partial charge in [0.2, 0.25) is 5.78 Å². The summed E-state index contributed by atoms with van der Waals surface area (Å²) in [7, 11) is 2.60. The third-order valence-corrected chi connectivity index (χ3v) is 5.69. The smallest absolute Gasteiger partial charge is 0.419 e. The summed E-state index contributed by atoms with van der Waals surface area (Å²) < 4.78 is 69.4. The number of carbonyl (C=O) groups is 2. The van der Waals surface area contributed by atoms with Crippen molar-refractivity contribution in [2.24, 2.45) is 0 Å². The highest BCUT2D eigenvalue weighted by Gasteiger charge is 2.35. The highest BCUT2D eigenvalue weighted by Crippen LogP contribution is 2.36. The van der Waals surface area contributed by atoms with Crippen LogP contribution in [0.3, 0.4) is 0 Å². The van der Waals surface area contributed by atoms with E-state index in [-0.39, 0.29) is 59.4 Å². The molecular formula is C29H32F4N2O7. The zero-order valence-corrected chi connectivity index (χ0v) is 23.4. The maximum absolute atomic E-state index is 13.8. The van der Waals surface area contributed by atoms with Gasteiger partial charge in [-0.05, 0) is 55.0 Å². The third kappa shape index (κ3) is 8.40. The molecule has 0 aliphatic carbocycles. The molecule has 1 unspecified atom stereocenters. The number of alkyl halides is 3. The van der Waals surface area contributed by atoms with Gasteiger partial charge >= 0.3 is 6.18 Å². The van der Waals surface area contributed by atoms with Crippen LogP contribution in [0, 0.1) is 5.82 Å². The first-order chi connectivity index (χ1) is 20.0. The molecule has 0 saturated heterocycles. The van der Waals surface area contributed by atoms with Crippen molar-refractivity contribution in [1.29, 1.82) is 0 Å². The molecule has 0 aliphatic heterocycles. The van der Waals surface area contributed by atoms with Gasteiger partial charge < -0.3 is 29.7 Å². The summed E-state index contributed by atoms with van der Waals surface area (Å²) >= 11 is 0. The fraction of sp³-hybridized carbons (Fsp3) is 0.345. The van der Waals surface area contributed by atoms with E-state index in [2.05, 4.69) is 10.3 Å². The highest BCUT2D eigenvalue weighted by atomic mass is 19.4. The van der Waals surface area contributed by atoms with Gasteiger partial charge in [0.25, 0.3) is 5.91 Å². The van der Waals surface area contributed by atoms with Gasteiger partial charge in [-0.2, -0.15) is 13.2 Å². The summed E-state index contributed by atoms with van der Waals surface area (Å²) in [5.74, 6) is -2.40. The van der Waals surface area contributed by atoms with E-state index in [0.717, 1.165) is 6.07 Å². The van der Waals surface area contributed by atoms with Gasteiger partial charge in [-0.1, -0.05) is 13.8 Å². The van der Waals surface area contributed by atoms with Crippen LogP contribution in [0.25, 0.3) is 11.3 Å². The SMILES string of the molecule is CC.COc1cc(C(=O)NC(CCO)C(=O)c2ccc(OC)c(-c3ccc(F)c(C(F)(F)F)c3)n2)ccc1OCCO. The van der Waals surface area contributed by atoms with E-state index in [0.29, 0.717) is 12.1 Å². The Balaban J connectivity index is 0.00000301. The van der Waals surface area contributed by atoms with Gasteiger partial charge in [0.05, 0.1) is 32.4 Å². The van der Waals surface area contributed by atoms with Gasteiger partial charge in [0.1, 0.15) is 29.6 Å². The number of aromatic nitrogens is 1. The van der Waals surface area contributed by atoms with Crippen LogP contribution >= 0.6 is 0 Å². The lowest BCUT2D eigenvalue weighted by molar-refractivity contribution is -0.139. The molecule has 3 N–H and O–H groups in total. The van der Waals surface area contributed by atoms with Crippen LogP contribution < -0.4 is 19.5 Å². The number of ketones is 1. The van der Waals surface area contributed by atoms with E-state index >= 15 is 0 Å². The van der Waals surface area contributed by atoms with Gasteiger partial charge in [0, 0.05) is 17.7 Å². The molecule has 0 bridgehead atoms. The van der Waals surface area contributed by atoms with Crippen LogP contribution in [-0.2, 0) is 6.18 Å². The number of rotatable bonds is 12. The molecule has 0 saturated carbocycles. The van der Waals surface area contributed by atoms with Crippen LogP contribution in [-0.4, -0.2) is 67.0 Å². The Labute approximate surface area is 240 Å². The van der Waals surface area contributed by atoms with Crippen molar-refractivity contribution in [2.45, 2.75) is 32.5 Å². The van der Waals surface area contributed by atoms with Crippen LogP contribution in [0.5, 0.6) is 17.2 Å². The molecule has 1 atom stereocenters. The molecule has 1 heterocycles. The van der Waals surface area contributed by atoms with Crippen LogP contribution in [0.2, 0.25) is 0 Å². The lowest BCUT2D eigenvalue weighted by Crippen LogP contribution is -2.41. The Morgan fingerprint density at radius 1 is 0.929 bits per heavy atom. The lowest BCUT2D eigenvalue weighted by atomic mass is 10.0. The third-order valence-electron chi connectivity index (χ3n) is 5.69. The quantitative estimate of drug-likeness (QED) is 0.203. The largest absolute Gasteiger partial charge is 0.494 e. The maximum Gasteiger partial charge on any atom is 0.419 e. The monoisotopic (exact) mass is 596 g/mol. The minimum Gasteiger partial charge on any atom is -0.494 e. The molecule has 42 heavy (non-hydrogen) atoms. The lowest BCUT2D eigenvalue weighted by Gasteiger charge is -2.18. The molecule has 1 aromatic heterocycles. The zero-order valence-electron chi connectivity index (χ0n) is 23.4. The Morgan fingerprint density at radius 2 is 1.60 bits per heavy atom. The number of halogens is 4. The minimum absolute atomic E-state index is 0.00126. The number of aliphatic hydroxyl groups excluding tert-OH is 2. The topological polar surface area (TPSA) is 127 Å². The number of amides is 1. The van der Waals surface area contributed by atoms with Crippen molar-refractivity contribution >= 4 is 11.7 Å². The van der Waals surface area contributed by atoms with Crippen LogP contribution in [0.15, 0.2) is 48.5 Å². The maximum atomic E-state index is 13.8. The number of ether oxygens (including phenoxy) is 3. The second-order valence-electron chi connectivity index (χ2n) is 8.28. The summed E-state index contributed by atoms with van der Waals surface area (Å²) in [5, 5.41) is 21.0. The second-order valence-corrected chi connectivity index (χ2v) is 8.28. The first kappa shape index (κ1) is 34.0.